The number of nitrogen functional groups attached to an aromatic ring is 1. The Hall–Kier alpha value is -2.17. The van der Waals surface area contributed by atoms with E-state index >= 15 is 0 Å². The molecule has 0 atom stereocenters. The third kappa shape index (κ3) is 2.25. The fourth-order valence-electron chi connectivity index (χ4n) is 1.12. The predicted molar refractivity (Wildman–Crippen MR) is 57.7 cm³/mol. The third-order valence-corrected chi connectivity index (χ3v) is 2.00. The van der Waals surface area contributed by atoms with Gasteiger partial charge < -0.3 is 10.5 Å². The van der Waals surface area contributed by atoms with Crippen molar-refractivity contribution in [2.75, 3.05) is 5.73 Å². The molecule has 0 amide bonds. The lowest BCUT2D eigenvalue weighted by Gasteiger charge is -2.04. The lowest BCUT2D eigenvalue weighted by Crippen LogP contribution is -1.94. The topological polar surface area (TPSA) is 61.0 Å². The molecule has 5 heteroatoms. The summed E-state index contributed by atoms with van der Waals surface area (Å²) in [6.07, 6.45) is 2.85. The van der Waals surface area contributed by atoms with E-state index < -0.39 is 0 Å². The standard InChI is InChI=1S/C11H10FN3O/c1-7-2-3-9(4-10(7)12)16-11-14-5-8(13)6-15-11/h2-6H,13H2,1H3. The van der Waals surface area contributed by atoms with Crippen molar-refractivity contribution in [2.45, 2.75) is 6.92 Å². The Morgan fingerprint density at radius 1 is 1.25 bits per heavy atom. The van der Waals surface area contributed by atoms with Gasteiger partial charge in [0.2, 0.25) is 0 Å². The summed E-state index contributed by atoms with van der Waals surface area (Å²) in [4.78, 5) is 7.69. The van der Waals surface area contributed by atoms with Gasteiger partial charge in [-0.25, -0.2) is 14.4 Å². The van der Waals surface area contributed by atoms with Crippen molar-refractivity contribution >= 4 is 5.69 Å². The van der Waals surface area contributed by atoms with Crippen molar-refractivity contribution in [1.29, 1.82) is 0 Å². The number of halogens is 1. The van der Waals surface area contributed by atoms with Crippen molar-refractivity contribution in [1.82, 2.24) is 9.97 Å². The first-order valence-corrected chi connectivity index (χ1v) is 4.66. The van der Waals surface area contributed by atoms with Crippen LogP contribution in [0.25, 0.3) is 0 Å². The van der Waals surface area contributed by atoms with Crippen molar-refractivity contribution in [3.63, 3.8) is 0 Å². The third-order valence-electron chi connectivity index (χ3n) is 2.00. The van der Waals surface area contributed by atoms with Crippen molar-refractivity contribution in [2.24, 2.45) is 0 Å². The molecular formula is C11H10FN3O. The number of nitrogens with two attached hydrogens (primary N) is 1. The number of hydrogen-bond donors (Lipinski definition) is 1. The molecule has 2 aromatic rings. The molecule has 1 aromatic heterocycles. The summed E-state index contributed by atoms with van der Waals surface area (Å²) in [6.45, 7) is 1.68. The maximum absolute atomic E-state index is 13.2. The highest BCUT2D eigenvalue weighted by atomic mass is 19.1. The van der Waals surface area contributed by atoms with Gasteiger partial charge in [-0.1, -0.05) is 6.07 Å². The summed E-state index contributed by atoms with van der Waals surface area (Å²) in [7, 11) is 0. The van der Waals surface area contributed by atoms with Crippen LogP contribution in [0.5, 0.6) is 11.8 Å². The molecule has 0 saturated carbocycles. The summed E-state index contributed by atoms with van der Waals surface area (Å²) in [5.74, 6) is 0.0285. The van der Waals surface area contributed by atoms with Gasteiger partial charge in [-0.3, -0.25) is 0 Å². The van der Waals surface area contributed by atoms with E-state index in [4.69, 9.17) is 10.5 Å². The van der Waals surface area contributed by atoms with E-state index in [0.29, 0.717) is 17.0 Å². The molecule has 82 valence electrons. The highest BCUT2D eigenvalue weighted by Gasteiger charge is 2.03. The summed E-state index contributed by atoms with van der Waals surface area (Å²) < 4.78 is 18.5. The molecule has 0 unspecified atom stereocenters. The summed E-state index contributed by atoms with van der Waals surface area (Å²) >= 11 is 0. The molecule has 16 heavy (non-hydrogen) atoms. The number of anilines is 1. The lowest BCUT2D eigenvalue weighted by molar-refractivity contribution is 0.437. The monoisotopic (exact) mass is 219 g/mol. The first-order valence-electron chi connectivity index (χ1n) is 4.66. The number of benzene rings is 1. The molecular weight excluding hydrogens is 209 g/mol. The van der Waals surface area contributed by atoms with Crippen LogP contribution >= 0.6 is 0 Å². The zero-order valence-corrected chi connectivity index (χ0v) is 8.64. The van der Waals surface area contributed by atoms with Crippen LogP contribution in [0.2, 0.25) is 0 Å². The minimum absolute atomic E-state index is 0.137. The summed E-state index contributed by atoms with van der Waals surface area (Å²) in [5, 5.41) is 0. The minimum atomic E-state index is -0.326. The van der Waals surface area contributed by atoms with Gasteiger partial charge in [0.25, 0.3) is 0 Å². The predicted octanol–water partition coefficient (Wildman–Crippen LogP) is 2.30. The number of rotatable bonds is 2. The van der Waals surface area contributed by atoms with Crippen LogP contribution in [0, 0.1) is 12.7 Å². The quantitative estimate of drug-likeness (QED) is 0.841. The Morgan fingerprint density at radius 3 is 2.56 bits per heavy atom. The van der Waals surface area contributed by atoms with Gasteiger partial charge in [0.15, 0.2) is 0 Å². The van der Waals surface area contributed by atoms with E-state index in [1.54, 1.807) is 19.1 Å². The smallest absolute Gasteiger partial charge is 0.322 e. The van der Waals surface area contributed by atoms with Crippen LogP contribution in [-0.4, -0.2) is 9.97 Å². The lowest BCUT2D eigenvalue weighted by atomic mass is 10.2. The Balaban J connectivity index is 2.20. The van der Waals surface area contributed by atoms with Crippen LogP contribution < -0.4 is 10.5 Å². The largest absolute Gasteiger partial charge is 0.424 e. The second-order valence-corrected chi connectivity index (χ2v) is 3.31. The van der Waals surface area contributed by atoms with Crippen LogP contribution in [0.4, 0.5) is 10.1 Å². The maximum atomic E-state index is 13.2. The van der Waals surface area contributed by atoms with Gasteiger partial charge in [0.05, 0.1) is 18.1 Å². The van der Waals surface area contributed by atoms with Crippen LogP contribution in [0.1, 0.15) is 5.56 Å². The maximum Gasteiger partial charge on any atom is 0.322 e. The summed E-state index contributed by atoms with van der Waals surface area (Å²) in [5.41, 5.74) is 6.43. The fraction of sp³-hybridized carbons (Fsp3) is 0.0909. The van der Waals surface area contributed by atoms with Gasteiger partial charge in [-0.15, -0.1) is 0 Å². The van der Waals surface area contributed by atoms with E-state index in [-0.39, 0.29) is 11.8 Å². The number of aromatic nitrogens is 2. The molecule has 1 heterocycles. The minimum Gasteiger partial charge on any atom is -0.424 e. The number of hydrogen-bond acceptors (Lipinski definition) is 4. The van der Waals surface area contributed by atoms with Crippen molar-refractivity contribution in [3.05, 3.63) is 42.0 Å². The second kappa shape index (κ2) is 4.14. The normalized spacial score (nSPS) is 10.1. The van der Waals surface area contributed by atoms with E-state index in [0.717, 1.165) is 0 Å². The average molecular weight is 219 g/mol. The number of aryl methyl sites for hydroxylation is 1. The highest BCUT2D eigenvalue weighted by Crippen LogP contribution is 2.20. The van der Waals surface area contributed by atoms with Gasteiger partial charge in [-0.05, 0) is 18.6 Å². The fourth-order valence-corrected chi connectivity index (χ4v) is 1.12. The van der Waals surface area contributed by atoms with E-state index in [1.807, 2.05) is 0 Å². The first-order chi connectivity index (χ1) is 7.65. The van der Waals surface area contributed by atoms with Crippen molar-refractivity contribution < 1.29 is 9.13 Å². The Labute approximate surface area is 91.9 Å². The van der Waals surface area contributed by atoms with Crippen molar-refractivity contribution in [3.8, 4) is 11.8 Å². The van der Waals surface area contributed by atoms with Gasteiger partial charge in [0.1, 0.15) is 11.6 Å². The van der Waals surface area contributed by atoms with Crippen LogP contribution in [0.3, 0.4) is 0 Å². The molecule has 0 aliphatic carbocycles. The van der Waals surface area contributed by atoms with Gasteiger partial charge in [-0.2, -0.15) is 0 Å². The molecule has 0 saturated heterocycles. The molecule has 0 spiro atoms. The molecule has 0 bridgehead atoms. The Kier molecular flexibility index (Phi) is 2.68. The molecule has 0 fully saturated rings. The SMILES string of the molecule is Cc1ccc(Oc2ncc(N)cn2)cc1F. The zero-order valence-electron chi connectivity index (χ0n) is 8.64. The molecule has 4 nitrogen and oxygen atoms in total. The number of ether oxygens (including phenoxy) is 1. The molecule has 1 aromatic carbocycles. The van der Waals surface area contributed by atoms with Crippen LogP contribution in [-0.2, 0) is 0 Å². The molecule has 0 aliphatic rings. The van der Waals surface area contributed by atoms with E-state index in [1.165, 1.54) is 18.5 Å². The molecule has 2 N–H and O–H groups in total. The van der Waals surface area contributed by atoms with E-state index in [9.17, 15) is 4.39 Å². The zero-order chi connectivity index (χ0) is 11.5. The molecule has 2 rings (SSSR count). The van der Waals surface area contributed by atoms with Gasteiger partial charge >= 0.3 is 6.01 Å². The Morgan fingerprint density at radius 2 is 1.94 bits per heavy atom. The summed E-state index contributed by atoms with van der Waals surface area (Å²) in [6, 6.07) is 4.70. The van der Waals surface area contributed by atoms with E-state index in [2.05, 4.69) is 9.97 Å². The average Bonchev–Trinajstić information content (AvgIpc) is 2.27. The first kappa shape index (κ1) is 10.4. The molecule has 0 radical (unpaired) electrons. The second-order valence-electron chi connectivity index (χ2n) is 3.31. The van der Waals surface area contributed by atoms with Crippen LogP contribution in [0.15, 0.2) is 30.6 Å². The molecule has 0 aliphatic heterocycles. The Bertz CT molecular complexity index is 499. The van der Waals surface area contributed by atoms with Gasteiger partial charge in [0, 0.05) is 6.07 Å². The highest BCUT2D eigenvalue weighted by molar-refractivity contribution is 5.33. The number of nitrogens with zero attached hydrogens (tertiary/aromatic N) is 2.